The van der Waals surface area contributed by atoms with Crippen LogP contribution in [-0.4, -0.2) is 28.1 Å². The Morgan fingerprint density at radius 2 is 2.15 bits per heavy atom. The number of nitrogens with two attached hydrogens (primary N) is 1. The number of ether oxygens (including phenoxy) is 1. The van der Waals surface area contributed by atoms with Gasteiger partial charge in [-0.3, -0.25) is 0 Å². The smallest absolute Gasteiger partial charge is 0.215 e. The molecule has 0 aliphatic heterocycles. The first-order chi connectivity index (χ1) is 9.00. The molecule has 1 aromatic rings. The van der Waals surface area contributed by atoms with Crippen LogP contribution in [0.25, 0.3) is 0 Å². The summed E-state index contributed by atoms with van der Waals surface area (Å²) in [7, 11) is -1.79. The van der Waals surface area contributed by atoms with Crippen LogP contribution in [-0.2, 0) is 15.8 Å². The number of halogens is 1. The lowest BCUT2D eigenvalue weighted by molar-refractivity contribution is 0.414. The molecule has 5 nitrogen and oxygen atoms in total. The van der Waals surface area contributed by atoms with E-state index in [1.165, 1.54) is 0 Å². The van der Waals surface area contributed by atoms with Crippen molar-refractivity contribution in [1.82, 2.24) is 4.72 Å². The zero-order chi connectivity index (χ0) is 13.9. The van der Waals surface area contributed by atoms with Crippen LogP contribution < -0.4 is 15.2 Å². The molecule has 20 heavy (non-hydrogen) atoms. The minimum absolute atomic E-state index is 0. The van der Waals surface area contributed by atoms with Crippen molar-refractivity contribution in [2.75, 3.05) is 13.7 Å². The third-order valence-corrected chi connectivity index (χ3v) is 4.58. The Labute approximate surface area is 126 Å². The van der Waals surface area contributed by atoms with Gasteiger partial charge in [-0.1, -0.05) is 12.1 Å². The molecule has 1 aliphatic carbocycles. The highest BCUT2D eigenvalue weighted by Crippen LogP contribution is 2.31. The standard InChI is InChI=1S/C13H20N2O3S.ClH/c1-18-12-4-2-3-10(7-12)9-19(16,17)15-8-13(14)11-5-6-11;/h2-4,7,11,13,15H,5-6,8-9,14H2,1H3;1H. The topological polar surface area (TPSA) is 81.4 Å². The maximum atomic E-state index is 11.9. The highest BCUT2D eigenvalue weighted by molar-refractivity contribution is 7.88. The summed E-state index contributed by atoms with van der Waals surface area (Å²) in [5.41, 5.74) is 6.58. The molecule has 0 bridgehead atoms. The van der Waals surface area contributed by atoms with Crippen LogP contribution in [0.2, 0.25) is 0 Å². The Morgan fingerprint density at radius 3 is 2.75 bits per heavy atom. The molecular weight excluding hydrogens is 300 g/mol. The number of rotatable bonds is 7. The molecule has 0 amide bonds. The third kappa shape index (κ3) is 5.28. The fraction of sp³-hybridized carbons (Fsp3) is 0.538. The van der Waals surface area contributed by atoms with Crippen molar-refractivity contribution < 1.29 is 13.2 Å². The Morgan fingerprint density at radius 1 is 1.45 bits per heavy atom. The molecule has 0 saturated heterocycles. The quantitative estimate of drug-likeness (QED) is 0.793. The predicted molar refractivity (Wildman–Crippen MR) is 81.6 cm³/mol. The maximum Gasteiger partial charge on any atom is 0.215 e. The van der Waals surface area contributed by atoms with Crippen LogP contribution in [0.1, 0.15) is 18.4 Å². The van der Waals surface area contributed by atoms with Crippen molar-refractivity contribution >= 4 is 22.4 Å². The normalized spacial score (nSPS) is 16.3. The van der Waals surface area contributed by atoms with Gasteiger partial charge >= 0.3 is 0 Å². The van der Waals surface area contributed by atoms with Gasteiger partial charge in [0.2, 0.25) is 10.0 Å². The van der Waals surface area contributed by atoms with Crippen molar-refractivity contribution in [3.8, 4) is 5.75 Å². The molecule has 0 spiro atoms. The van der Waals surface area contributed by atoms with Gasteiger partial charge in [0.1, 0.15) is 5.75 Å². The van der Waals surface area contributed by atoms with Gasteiger partial charge in [0.05, 0.1) is 12.9 Å². The highest BCUT2D eigenvalue weighted by atomic mass is 35.5. The Kier molecular flexibility index (Phi) is 6.26. The van der Waals surface area contributed by atoms with Crippen molar-refractivity contribution in [2.24, 2.45) is 11.7 Å². The van der Waals surface area contributed by atoms with Gasteiger partial charge in [0.15, 0.2) is 0 Å². The Balaban J connectivity index is 0.00000200. The van der Waals surface area contributed by atoms with Gasteiger partial charge in [-0.05, 0) is 36.5 Å². The van der Waals surface area contributed by atoms with E-state index >= 15 is 0 Å². The van der Waals surface area contributed by atoms with E-state index in [0.717, 1.165) is 12.8 Å². The van der Waals surface area contributed by atoms with E-state index in [2.05, 4.69) is 4.72 Å². The fourth-order valence-corrected chi connectivity index (χ4v) is 3.11. The van der Waals surface area contributed by atoms with Gasteiger partial charge in [-0.15, -0.1) is 12.4 Å². The number of methoxy groups -OCH3 is 1. The second-order valence-corrected chi connectivity index (χ2v) is 6.77. The fourth-order valence-electron chi connectivity index (χ4n) is 1.95. The minimum atomic E-state index is -3.35. The van der Waals surface area contributed by atoms with Crippen molar-refractivity contribution in [3.05, 3.63) is 29.8 Å². The van der Waals surface area contributed by atoms with Crippen molar-refractivity contribution in [1.29, 1.82) is 0 Å². The summed E-state index contributed by atoms with van der Waals surface area (Å²) in [5.74, 6) is 1.09. The number of sulfonamides is 1. The third-order valence-electron chi connectivity index (χ3n) is 3.26. The van der Waals surface area contributed by atoms with Gasteiger partial charge in [-0.2, -0.15) is 0 Å². The molecular formula is C13H21ClN2O3S. The number of benzene rings is 1. The molecule has 1 atom stereocenters. The molecule has 3 N–H and O–H groups in total. The average molecular weight is 321 g/mol. The van der Waals surface area contributed by atoms with Gasteiger partial charge in [0.25, 0.3) is 0 Å². The molecule has 1 fully saturated rings. The van der Waals surface area contributed by atoms with Crippen LogP contribution in [0, 0.1) is 5.92 Å². The van der Waals surface area contributed by atoms with Crippen LogP contribution in [0.3, 0.4) is 0 Å². The molecule has 0 aromatic heterocycles. The van der Waals surface area contributed by atoms with E-state index in [9.17, 15) is 8.42 Å². The highest BCUT2D eigenvalue weighted by Gasteiger charge is 2.29. The SMILES string of the molecule is COc1cccc(CS(=O)(=O)NCC(N)C2CC2)c1.Cl. The lowest BCUT2D eigenvalue weighted by atomic mass is 10.2. The van der Waals surface area contributed by atoms with Crippen molar-refractivity contribution in [2.45, 2.75) is 24.6 Å². The molecule has 114 valence electrons. The lowest BCUT2D eigenvalue weighted by Crippen LogP contribution is -2.39. The summed E-state index contributed by atoms with van der Waals surface area (Å²) < 4.78 is 31.5. The predicted octanol–water partition coefficient (Wildman–Crippen LogP) is 1.27. The average Bonchev–Trinajstić information content (AvgIpc) is 3.20. The molecule has 0 radical (unpaired) electrons. The summed E-state index contributed by atoms with van der Waals surface area (Å²) in [4.78, 5) is 0. The second-order valence-electron chi connectivity index (χ2n) is 4.96. The molecule has 1 saturated carbocycles. The number of nitrogens with one attached hydrogen (secondary N) is 1. The summed E-state index contributed by atoms with van der Waals surface area (Å²) in [5, 5.41) is 0. The van der Waals surface area contributed by atoms with E-state index in [0.29, 0.717) is 23.8 Å². The first kappa shape index (κ1) is 17.2. The van der Waals surface area contributed by atoms with Crippen LogP contribution in [0.15, 0.2) is 24.3 Å². The molecule has 0 heterocycles. The van der Waals surface area contributed by atoms with Gasteiger partial charge in [-0.25, -0.2) is 13.1 Å². The van der Waals surface area contributed by atoms with Crippen molar-refractivity contribution in [3.63, 3.8) is 0 Å². The second kappa shape index (κ2) is 7.26. The van der Waals surface area contributed by atoms with E-state index < -0.39 is 10.0 Å². The summed E-state index contributed by atoms with van der Waals surface area (Å²) >= 11 is 0. The number of hydrogen-bond acceptors (Lipinski definition) is 4. The van der Waals surface area contributed by atoms with Crippen LogP contribution in [0.5, 0.6) is 5.75 Å². The van der Waals surface area contributed by atoms with Crippen LogP contribution in [0.4, 0.5) is 0 Å². The van der Waals surface area contributed by atoms with Crippen LogP contribution >= 0.6 is 12.4 Å². The first-order valence-electron chi connectivity index (χ1n) is 6.36. The monoisotopic (exact) mass is 320 g/mol. The zero-order valence-corrected chi connectivity index (χ0v) is 13.0. The summed E-state index contributed by atoms with van der Waals surface area (Å²) in [6, 6.07) is 6.98. The Hall–Kier alpha value is -0.820. The molecule has 1 aromatic carbocycles. The lowest BCUT2D eigenvalue weighted by Gasteiger charge is -2.12. The van der Waals surface area contributed by atoms with E-state index in [-0.39, 0.29) is 24.2 Å². The zero-order valence-electron chi connectivity index (χ0n) is 11.4. The Bertz CT molecular complexity index is 532. The summed E-state index contributed by atoms with van der Waals surface area (Å²) in [6.45, 7) is 0.316. The van der Waals surface area contributed by atoms with Gasteiger partial charge < -0.3 is 10.5 Å². The molecule has 1 aliphatic rings. The minimum Gasteiger partial charge on any atom is -0.497 e. The first-order valence-corrected chi connectivity index (χ1v) is 8.01. The van der Waals surface area contributed by atoms with E-state index in [1.54, 1.807) is 31.4 Å². The number of hydrogen-bond donors (Lipinski definition) is 2. The van der Waals surface area contributed by atoms with E-state index in [1.807, 2.05) is 0 Å². The summed E-state index contributed by atoms with van der Waals surface area (Å²) in [6.07, 6.45) is 2.22. The van der Waals surface area contributed by atoms with Gasteiger partial charge in [0, 0.05) is 12.6 Å². The largest absolute Gasteiger partial charge is 0.497 e. The van der Waals surface area contributed by atoms with E-state index in [4.69, 9.17) is 10.5 Å². The molecule has 2 rings (SSSR count). The molecule has 7 heteroatoms. The maximum absolute atomic E-state index is 11.9. The molecule has 1 unspecified atom stereocenters.